The Morgan fingerprint density at radius 1 is 1.62 bits per heavy atom. The zero-order valence-electron chi connectivity index (χ0n) is 8.83. The molecule has 0 aromatic carbocycles. The van der Waals surface area contributed by atoms with Crippen LogP contribution in [0.25, 0.3) is 0 Å². The summed E-state index contributed by atoms with van der Waals surface area (Å²) in [6.07, 6.45) is 4.84. The van der Waals surface area contributed by atoms with Crippen LogP contribution >= 0.6 is 0 Å². The topological polar surface area (TPSA) is 20.3 Å². The molecule has 1 heterocycles. The monoisotopic (exact) mass is 183 g/mol. The van der Waals surface area contributed by atoms with Crippen molar-refractivity contribution in [2.75, 3.05) is 19.6 Å². The van der Waals surface area contributed by atoms with Crippen LogP contribution in [0.1, 0.15) is 33.1 Å². The van der Waals surface area contributed by atoms with Gasteiger partial charge < -0.3 is 9.69 Å². The summed E-state index contributed by atoms with van der Waals surface area (Å²) in [6.45, 7) is 7.83. The highest BCUT2D eigenvalue weighted by atomic mass is 16.1. The summed E-state index contributed by atoms with van der Waals surface area (Å²) in [6, 6.07) is 0. The lowest BCUT2D eigenvalue weighted by Crippen LogP contribution is -2.38. The first-order chi connectivity index (χ1) is 6.27. The van der Waals surface area contributed by atoms with Crippen LogP contribution in [-0.4, -0.2) is 30.8 Å². The summed E-state index contributed by atoms with van der Waals surface area (Å²) in [4.78, 5) is 13.1. The quantitative estimate of drug-likeness (QED) is 0.621. The van der Waals surface area contributed by atoms with E-state index in [-0.39, 0.29) is 5.92 Å². The van der Waals surface area contributed by atoms with Crippen molar-refractivity contribution in [1.29, 1.82) is 0 Å². The Balaban J connectivity index is 2.36. The highest BCUT2D eigenvalue weighted by Gasteiger charge is 2.23. The van der Waals surface area contributed by atoms with Crippen LogP contribution in [0.4, 0.5) is 0 Å². The third kappa shape index (κ3) is 3.11. The van der Waals surface area contributed by atoms with Crippen LogP contribution in [0, 0.1) is 11.8 Å². The van der Waals surface area contributed by atoms with Crippen LogP contribution in [0.15, 0.2) is 0 Å². The number of carbonyl (C=O) groups excluding carboxylic acids is 1. The molecule has 0 bridgehead atoms. The average molecular weight is 183 g/mol. The van der Waals surface area contributed by atoms with Crippen molar-refractivity contribution in [1.82, 2.24) is 4.90 Å². The normalized spacial score (nSPS) is 27.1. The highest BCUT2D eigenvalue weighted by molar-refractivity contribution is 5.53. The summed E-state index contributed by atoms with van der Waals surface area (Å²) in [5, 5.41) is 0. The molecule has 0 aromatic rings. The number of aldehydes is 1. The molecular weight excluding hydrogens is 162 g/mol. The van der Waals surface area contributed by atoms with E-state index >= 15 is 0 Å². The fourth-order valence-corrected chi connectivity index (χ4v) is 2.15. The van der Waals surface area contributed by atoms with E-state index in [9.17, 15) is 4.79 Å². The number of carbonyl (C=O) groups is 1. The van der Waals surface area contributed by atoms with Crippen LogP contribution in [0.5, 0.6) is 0 Å². The minimum Gasteiger partial charge on any atom is -0.303 e. The number of piperidine rings is 1. The minimum atomic E-state index is 0.250. The van der Waals surface area contributed by atoms with Gasteiger partial charge in [0.1, 0.15) is 6.29 Å². The molecule has 1 aliphatic rings. The van der Waals surface area contributed by atoms with Gasteiger partial charge in [-0.25, -0.2) is 0 Å². The fraction of sp³-hybridized carbons (Fsp3) is 0.909. The Morgan fingerprint density at radius 2 is 2.38 bits per heavy atom. The average Bonchev–Trinajstić information content (AvgIpc) is 2.18. The van der Waals surface area contributed by atoms with E-state index in [0.717, 1.165) is 12.8 Å². The maximum atomic E-state index is 10.7. The molecule has 2 nitrogen and oxygen atoms in total. The molecule has 1 aliphatic heterocycles. The molecule has 2 atom stereocenters. The van der Waals surface area contributed by atoms with Crippen LogP contribution in [-0.2, 0) is 4.79 Å². The Morgan fingerprint density at radius 3 is 3.00 bits per heavy atom. The second-order valence-electron chi connectivity index (χ2n) is 4.20. The van der Waals surface area contributed by atoms with Crippen molar-refractivity contribution < 1.29 is 4.79 Å². The zero-order chi connectivity index (χ0) is 9.68. The van der Waals surface area contributed by atoms with E-state index in [1.807, 2.05) is 6.92 Å². The van der Waals surface area contributed by atoms with Crippen LogP contribution < -0.4 is 0 Å². The highest BCUT2D eigenvalue weighted by Crippen LogP contribution is 2.22. The van der Waals surface area contributed by atoms with Gasteiger partial charge in [0.15, 0.2) is 0 Å². The Kier molecular flexibility index (Phi) is 4.43. The summed E-state index contributed by atoms with van der Waals surface area (Å²) >= 11 is 0. The molecule has 0 amide bonds. The van der Waals surface area contributed by atoms with E-state index in [0.29, 0.717) is 5.92 Å². The third-order valence-corrected chi connectivity index (χ3v) is 3.04. The van der Waals surface area contributed by atoms with Crippen molar-refractivity contribution in [3.63, 3.8) is 0 Å². The van der Waals surface area contributed by atoms with E-state index in [2.05, 4.69) is 11.8 Å². The lowest BCUT2D eigenvalue weighted by Gasteiger charge is -2.33. The third-order valence-electron chi connectivity index (χ3n) is 3.04. The Hall–Kier alpha value is -0.370. The molecule has 76 valence electrons. The van der Waals surface area contributed by atoms with Crippen molar-refractivity contribution >= 4 is 6.29 Å². The maximum absolute atomic E-state index is 10.7. The smallest absolute Gasteiger partial charge is 0.123 e. The van der Waals surface area contributed by atoms with Crippen LogP contribution in [0.3, 0.4) is 0 Å². The maximum Gasteiger partial charge on any atom is 0.123 e. The van der Waals surface area contributed by atoms with Crippen molar-refractivity contribution in [3.8, 4) is 0 Å². The van der Waals surface area contributed by atoms with Crippen molar-refractivity contribution in [2.45, 2.75) is 33.1 Å². The number of likely N-dealkylation sites (tertiary alicyclic amines) is 1. The van der Waals surface area contributed by atoms with Gasteiger partial charge in [-0.15, -0.1) is 0 Å². The molecule has 0 aliphatic carbocycles. The second-order valence-corrected chi connectivity index (χ2v) is 4.20. The number of rotatable bonds is 4. The first-order valence-corrected chi connectivity index (χ1v) is 5.45. The largest absolute Gasteiger partial charge is 0.303 e. The number of hydrogen-bond acceptors (Lipinski definition) is 2. The lowest BCUT2D eigenvalue weighted by molar-refractivity contribution is -0.112. The Bertz CT molecular complexity index is 156. The molecule has 1 saturated heterocycles. The van der Waals surface area contributed by atoms with E-state index in [1.165, 1.54) is 32.4 Å². The van der Waals surface area contributed by atoms with Crippen molar-refractivity contribution in [2.24, 2.45) is 11.8 Å². The molecule has 0 aromatic heterocycles. The molecule has 1 fully saturated rings. The standard InChI is InChI=1S/C11H21NO/c1-3-6-12-7-4-5-11(8-12)10(2)9-13/h9-11H,3-8H2,1-2H3. The molecule has 2 heteroatoms. The predicted molar refractivity (Wildman–Crippen MR) is 54.7 cm³/mol. The fourth-order valence-electron chi connectivity index (χ4n) is 2.15. The van der Waals surface area contributed by atoms with Gasteiger partial charge in [-0.3, -0.25) is 0 Å². The predicted octanol–water partition coefficient (Wildman–Crippen LogP) is 1.94. The van der Waals surface area contributed by atoms with Crippen molar-refractivity contribution in [3.05, 3.63) is 0 Å². The molecule has 2 unspecified atom stereocenters. The first kappa shape index (κ1) is 10.7. The summed E-state index contributed by atoms with van der Waals surface area (Å²) < 4.78 is 0. The zero-order valence-corrected chi connectivity index (χ0v) is 8.83. The molecule has 0 spiro atoms. The van der Waals surface area contributed by atoms with Crippen LogP contribution in [0.2, 0.25) is 0 Å². The second kappa shape index (κ2) is 5.38. The lowest BCUT2D eigenvalue weighted by atomic mass is 9.87. The van der Waals surface area contributed by atoms with E-state index in [1.54, 1.807) is 0 Å². The molecule has 1 rings (SSSR count). The SMILES string of the molecule is CCCN1CCCC(C(C)C=O)C1. The molecule has 0 N–H and O–H groups in total. The van der Waals surface area contributed by atoms with Gasteiger partial charge in [0.2, 0.25) is 0 Å². The first-order valence-electron chi connectivity index (χ1n) is 5.45. The summed E-state index contributed by atoms with van der Waals surface area (Å²) in [5.41, 5.74) is 0. The van der Waals surface area contributed by atoms with Gasteiger partial charge in [0.05, 0.1) is 0 Å². The van der Waals surface area contributed by atoms with Gasteiger partial charge in [-0.1, -0.05) is 13.8 Å². The molecular formula is C11H21NO. The number of nitrogens with zero attached hydrogens (tertiary/aromatic N) is 1. The van der Waals surface area contributed by atoms with Gasteiger partial charge >= 0.3 is 0 Å². The summed E-state index contributed by atoms with van der Waals surface area (Å²) in [7, 11) is 0. The minimum absolute atomic E-state index is 0.250. The van der Waals surface area contributed by atoms with E-state index in [4.69, 9.17) is 0 Å². The van der Waals surface area contributed by atoms with Gasteiger partial charge in [0, 0.05) is 12.5 Å². The molecule has 0 saturated carbocycles. The summed E-state index contributed by atoms with van der Waals surface area (Å²) in [5.74, 6) is 0.859. The van der Waals surface area contributed by atoms with Gasteiger partial charge in [-0.05, 0) is 38.3 Å². The van der Waals surface area contributed by atoms with Gasteiger partial charge in [0.25, 0.3) is 0 Å². The molecule has 0 radical (unpaired) electrons. The number of hydrogen-bond donors (Lipinski definition) is 0. The van der Waals surface area contributed by atoms with Gasteiger partial charge in [-0.2, -0.15) is 0 Å². The van der Waals surface area contributed by atoms with E-state index < -0.39 is 0 Å². The molecule has 13 heavy (non-hydrogen) atoms. The Labute approximate surface area is 81.3 Å².